The number of amides is 2. The van der Waals surface area contributed by atoms with Crippen LogP contribution in [0, 0.1) is 17.0 Å². The number of hydrogen-bond donors (Lipinski definition) is 1. The highest BCUT2D eigenvalue weighted by molar-refractivity contribution is 7.92. The number of rotatable bonds is 11. The highest BCUT2D eigenvalue weighted by Crippen LogP contribution is 2.28. The molecule has 10 nitrogen and oxygen atoms in total. The molecule has 0 aliphatic carbocycles. The molecule has 0 saturated carbocycles. The van der Waals surface area contributed by atoms with Crippen LogP contribution in [0.15, 0.2) is 36.4 Å². The second kappa shape index (κ2) is 12.6. The largest absolute Gasteiger partial charge is 0.352 e. The van der Waals surface area contributed by atoms with Crippen LogP contribution in [-0.2, 0) is 26.2 Å². The number of benzene rings is 2. The van der Waals surface area contributed by atoms with Gasteiger partial charge in [0, 0.05) is 34.8 Å². The molecule has 2 aromatic rings. The molecule has 2 aromatic carbocycles. The van der Waals surface area contributed by atoms with Gasteiger partial charge in [-0.3, -0.25) is 24.0 Å². The molecule has 0 saturated heterocycles. The summed E-state index contributed by atoms with van der Waals surface area (Å²) in [5.41, 5.74) is 0.581. The number of hydrogen-bond acceptors (Lipinski definition) is 6. The molecule has 2 rings (SSSR count). The lowest BCUT2D eigenvalue weighted by Crippen LogP contribution is -2.52. The van der Waals surface area contributed by atoms with E-state index in [9.17, 15) is 28.1 Å². The summed E-state index contributed by atoms with van der Waals surface area (Å²) in [4.78, 5) is 38.4. The number of anilines is 1. The maximum Gasteiger partial charge on any atom is 0.271 e. The van der Waals surface area contributed by atoms with Crippen molar-refractivity contribution in [1.82, 2.24) is 10.2 Å². The minimum atomic E-state index is -4.05. The van der Waals surface area contributed by atoms with Crippen LogP contribution < -0.4 is 9.62 Å². The van der Waals surface area contributed by atoms with Crippen molar-refractivity contribution >= 4 is 56.4 Å². The summed E-state index contributed by atoms with van der Waals surface area (Å²) in [5.74, 6) is -1.13. The quantitative estimate of drug-likeness (QED) is 0.315. The van der Waals surface area contributed by atoms with Gasteiger partial charge in [0.25, 0.3) is 5.69 Å². The number of nitrogens with zero attached hydrogens (tertiary/aromatic N) is 3. The number of sulfonamides is 1. The minimum Gasteiger partial charge on any atom is -0.352 e. The zero-order chi connectivity index (χ0) is 28.1. The molecule has 0 aliphatic rings. The number of carbonyl (C=O) groups is 2. The molecule has 0 spiro atoms. The molecule has 0 aliphatic heterocycles. The monoisotopic (exact) mass is 572 g/mol. The molecular formula is C24H30Cl2N4O6S. The van der Waals surface area contributed by atoms with Gasteiger partial charge >= 0.3 is 0 Å². The van der Waals surface area contributed by atoms with E-state index in [2.05, 4.69) is 5.32 Å². The smallest absolute Gasteiger partial charge is 0.271 e. The Morgan fingerprint density at radius 2 is 1.78 bits per heavy atom. The van der Waals surface area contributed by atoms with Gasteiger partial charge in [0.2, 0.25) is 21.8 Å². The summed E-state index contributed by atoms with van der Waals surface area (Å²) < 4.78 is 26.3. The molecule has 2 unspecified atom stereocenters. The Hall–Kier alpha value is -2.89. The number of nitro groups is 1. The third-order valence-electron chi connectivity index (χ3n) is 5.88. The van der Waals surface area contributed by atoms with Crippen molar-refractivity contribution in [2.75, 3.05) is 17.1 Å². The van der Waals surface area contributed by atoms with E-state index in [-0.39, 0.29) is 29.0 Å². The molecule has 202 valence electrons. The Morgan fingerprint density at radius 1 is 1.14 bits per heavy atom. The molecule has 0 fully saturated rings. The van der Waals surface area contributed by atoms with E-state index >= 15 is 0 Å². The fourth-order valence-corrected chi connectivity index (χ4v) is 4.82. The Morgan fingerprint density at radius 3 is 2.32 bits per heavy atom. The number of aryl methyl sites for hydroxylation is 1. The number of carbonyl (C=O) groups excluding carboxylic acids is 2. The number of non-ortho nitro benzene ring substituents is 1. The number of nitro benzene ring substituents is 1. The molecule has 2 amide bonds. The van der Waals surface area contributed by atoms with Crippen LogP contribution in [0.1, 0.15) is 38.3 Å². The molecule has 0 radical (unpaired) electrons. The standard InChI is InChI=1S/C24H30Cl2N4O6S/c1-6-16(3)27-24(32)17(4)28(13-18-8-9-19(25)11-21(18)26)23(31)14-29(37(5,35)36)22-12-20(30(33)34)10-7-15(22)2/h7-12,16-17H,6,13-14H2,1-5H3,(H,27,32). The van der Waals surface area contributed by atoms with E-state index in [0.717, 1.165) is 16.6 Å². The van der Waals surface area contributed by atoms with E-state index in [4.69, 9.17) is 23.2 Å². The summed E-state index contributed by atoms with van der Waals surface area (Å²) >= 11 is 12.3. The summed E-state index contributed by atoms with van der Waals surface area (Å²) in [7, 11) is -4.05. The van der Waals surface area contributed by atoms with Crippen LogP contribution in [0.2, 0.25) is 10.0 Å². The minimum absolute atomic E-state index is 0.00812. The predicted molar refractivity (Wildman–Crippen MR) is 144 cm³/mol. The van der Waals surface area contributed by atoms with E-state index in [1.807, 2.05) is 13.8 Å². The van der Waals surface area contributed by atoms with Crippen molar-refractivity contribution in [2.45, 2.75) is 52.7 Å². The summed E-state index contributed by atoms with van der Waals surface area (Å²) in [6, 6.07) is 7.32. The van der Waals surface area contributed by atoms with E-state index < -0.39 is 39.3 Å². The highest BCUT2D eigenvalue weighted by atomic mass is 35.5. The maximum absolute atomic E-state index is 13.6. The zero-order valence-electron chi connectivity index (χ0n) is 21.2. The van der Waals surface area contributed by atoms with Crippen molar-refractivity contribution in [3.8, 4) is 0 Å². The summed E-state index contributed by atoms with van der Waals surface area (Å²) in [6.07, 6.45) is 1.57. The molecule has 0 bridgehead atoms. The SMILES string of the molecule is CCC(C)NC(=O)C(C)N(Cc1ccc(Cl)cc1Cl)C(=O)CN(c1cc([N+](=O)[O-])ccc1C)S(C)(=O)=O. The van der Waals surface area contributed by atoms with Crippen LogP contribution in [0.3, 0.4) is 0 Å². The van der Waals surface area contributed by atoms with Crippen LogP contribution in [-0.4, -0.2) is 54.9 Å². The number of nitrogens with one attached hydrogen (secondary N) is 1. The van der Waals surface area contributed by atoms with E-state index in [0.29, 0.717) is 22.6 Å². The average molecular weight is 573 g/mol. The van der Waals surface area contributed by atoms with Gasteiger partial charge in [-0.25, -0.2) is 8.42 Å². The fraction of sp³-hybridized carbons (Fsp3) is 0.417. The van der Waals surface area contributed by atoms with Crippen molar-refractivity contribution in [3.05, 3.63) is 67.7 Å². The van der Waals surface area contributed by atoms with Gasteiger partial charge in [-0.1, -0.05) is 42.3 Å². The van der Waals surface area contributed by atoms with Gasteiger partial charge in [-0.2, -0.15) is 0 Å². The molecule has 2 atom stereocenters. The Balaban J connectivity index is 2.51. The first kappa shape index (κ1) is 30.3. The highest BCUT2D eigenvalue weighted by Gasteiger charge is 2.32. The normalized spacial score (nSPS) is 12.9. The van der Waals surface area contributed by atoms with Gasteiger partial charge in [0.05, 0.1) is 16.9 Å². The lowest BCUT2D eigenvalue weighted by molar-refractivity contribution is -0.384. The lowest BCUT2D eigenvalue weighted by atomic mass is 10.1. The van der Waals surface area contributed by atoms with Crippen molar-refractivity contribution in [1.29, 1.82) is 0 Å². The summed E-state index contributed by atoms with van der Waals surface area (Å²) in [5, 5.41) is 14.8. The number of halogens is 2. The van der Waals surface area contributed by atoms with E-state index in [1.165, 1.54) is 30.0 Å². The topological polar surface area (TPSA) is 130 Å². The third kappa shape index (κ3) is 8.05. The summed E-state index contributed by atoms with van der Waals surface area (Å²) in [6.45, 7) is 6.04. The lowest BCUT2D eigenvalue weighted by Gasteiger charge is -2.32. The second-order valence-corrected chi connectivity index (χ2v) is 11.5. The Kier molecular flexibility index (Phi) is 10.3. The first-order chi connectivity index (χ1) is 17.1. The molecular weight excluding hydrogens is 543 g/mol. The van der Waals surface area contributed by atoms with Crippen molar-refractivity contribution in [3.63, 3.8) is 0 Å². The first-order valence-electron chi connectivity index (χ1n) is 11.4. The van der Waals surface area contributed by atoms with Gasteiger partial charge in [-0.05, 0) is 50.5 Å². The van der Waals surface area contributed by atoms with Crippen molar-refractivity contribution < 1.29 is 22.9 Å². The Labute approximate surface area is 226 Å². The maximum atomic E-state index is 13.6. The fourth-order valence-electron chi connectivity index (χ4n) is 3.46. The third-order valence-corrected chi connectivity index (χ3v) is 7.59. The average Bonchev–Trinajstić information content (AvgIpc) is 2.81. The first-order valence-corrected chi connectivity index (χ1v) is 14.0. The van der Waals surface area contributed by atoms with Crippen LogP contribution >= 0.6 is 23.2 Å². The molecule has 37 heavy (non-hydrogen) atoms. The van der Waals surface area contributed by atoms with Crippen LogP contribution in [0.25, 0.3) is 0 Å². The van der Waals surface area contributed by atoms with Gasteiger partial charge in [-0.15, -0.1) is 0 Å². The van der Waals surface area contributed by atoms with Crippen LogP contribution in [0.5, 0.6) is 0 Å². The van der Waals surface area contributed by atoms with Crippen molar-refractivity contribution in [2.24, 2.45) is 0 Å². The molecule has 1 N–H and O–H groups in total. The zero-order valence-corrected chi connectivity index (χ0v) is 23.5. The van der Waals surface area contributed by atoms with Crippen LogP contribution in [0.4, 0.5) is 11.4 Å². The van der Waals surface area contributed by atoms with Gasteiger partial charge in [0.15, 0.2) is 0 Å². The Bertz CT molecular complexity index is 1290. The van der Waals surface area contributed by atoms with E-state index in [1.54, 1.807) is 19.1 Å². The second-order valence-electron chi connectivity index (χ2n) is 8.75. The molecule has 0 aromatic heterocycles. The van der Waals surface area contributed by atoms with Gasteiger partial charge < -0.3 is 10.2 Å². The predicted octanol–water partition coefficient (Wildman–Crippen LogP) is 4.31. The molecule has 13 heteroatoms. The molecule has 0 heterocycles. The van der Waals surface area contributed by atoms with Gasteiger partial charge in [0.1, 0.15) is 12.6 Å².